The van der Waals surface area contributed by atoms with E-state index < -0.39 is 5.97 Å². The van der Waals surface area contributed by atoms with Gasteiger partial charge in [-0.25, -0.2) is 10.2 Å². The fourth-order valence-electron chi connectivity index (χ4n) is 2.61. The lowest BCUT2D eigenvalue weighted by atomic mass is 10.2. The molecule has 0 saturated heterocycles. The molecule has 0 saturated carbocycles. The second kappa shape index (κ2) is 10.4. The van der Waals surface area contributed by atoms with E-state index in [0.717, 1.165) is 0 Å². The number of nitrogens with one attached hydrogen (secondary N) is 1. The molecule has 7 nitrogen and oxygen atoms in total. The maximum absolute atomic E-state index is 12.4. The molecule has 0 aliphatic carbocycles. The summed E-state index contributed by atoms with van der Waals surface area (Å²) in [5.74, 6) is 0.369. The number of esters is 1. The third-order valence-electron chi connectivity index (χ3n) is 4.19. The van der Waals surface area contributed by atoms with Crippen molar-refractivity contribution in [3.05, 3.63) is 87.9 Å². The number of ether oxygens (including phenoxy) is 3. The van der Waals surface area contributed by atoms with E-state index in [-0.39, 0.29) is 11.7 Å². The van der Waals surface area contributed by atoms with Gasteiger partial charge in [-0.1, -0.05) is 18.2 Å². The zero-order valence-electron chi connectivity index (χ0n) is 16.8. The number of hydrogen-bond donors (Lipinski definition) is 1. The average Bonchev–Trinajstić information content (AvgIpc) is 2.81. The molecule has 0 aliphatic heterocycles. The molecular weight excluding hydrogens is 464 g/mol. The third-order valence-corrected chi connectivity index (χ3v) is 4.78. The van der Waals surface area contributed by atoms with Crippen LogP contribution in [0.4, 0.5) is 0 Å². The Bertz CT molecular complexity index is 1100. The summed E-state index contributed by atoms with van der Waals surface area (Å²) in [7, 11) is 3.02. The highest BCUT2D eigenvalue weighted by Gasteiger charge is 2.16. The molecule has 0 spiro atoms. The van der Waals surface area contributed by atoms with Crippen LogP contribution in [0.25, 0.3) is 0 Å². The maximum Gasteiger partial charge on any atom is 0.343 e. The number of halogens is 1. The Balaban J connectivity index is 1.71. The molecule has 0 aliphatic rings. The molecule has 158 valence electrons. The van der Waals surface area contributed by atoms with Gasteiger partial charge in [-0.15, -0.1) is 0 Å². The Morgan fingerprint density at radius 1 is 0.935 bits per heavy atom. The summed E-state index contributed by atoms with van der Waals surface area (Å²) in [5, 5.41) is 3.98. The first-order valence-corrected chi connectivity index (χ1v) is 9.93. The Kier molecular flexibility index (Phi) is 7.40. The van der Waals surface area contributed by atoms with Gasteiger partial charge in [-0.2, -0.15) is 5.10 Å². The minimum absolute atomic E-state index is 0.246. The minimum Gasteiger partial charge on any atom is -0.497 e. The maximum atomic E-state index is 12.4. The first kappa shape index (κ1) is 22.0. The molecule has 3 rings (SSSR count). The van der Waals surface area contributed by atoms with Gasteiger partial charge in [0.05, 0.1) is 30.5 Å². The van der Waals surface area contributed by atoms with Crippen molar-refractivity contribution in [3.8, 4) is 17.2 Å². The molecule has 0 unspecified atom stereocenters. The quantitative estimate of drug-likeness (QED) is 0.232. The van der Waals surface area contributed by atoms with Crippen molar-refractivity contribution >= 4 is 34.0 Å². The van der Waals surface area contributed by atoms with E-state index in [1.54, 1.807) is 67.8 Å². The predicted octanol–water partition coefficient (Wildman–Crippen LogP) is 4.45. The number of hydrogen-bond acceptors (Lipinski definition) is 6. The second-order valence-electron chi connectivity index (χ2n) is 6.22. The fraction of sp³-hybridized carbons (Fsp3) is 0.0870. The summed E-state index contributed by atoms with van der Waals surface area (Å²) in [6.45, 7) is 0. The predicted molar refractivity (Wildman–Crippen MR) is 120 cm³/mol. The molecule has 0 bridgehead atoms. The standard InChI is InChI=1S/C23H19BrN2O5/c1-29-18-10-8-16(9-11-18)22(27)26-25-14-15-12-19(24)21(20(13-15)30-2)31-23(28)17-6-4-3-5-7-17/h3-14H,1-2H3,(H,26,27)/b25-14+. The zero-order chi connectivity index (χ0) is 22.2. The van der Waals surface area contributed by atoms with Crippen LogP contribution in [0.5, 0.6) is 17.2 Å². The Morgan fingerprint density at radius 3 is 2.29 bits per heavy atom. The highest BCUT2D eigenvalue weighted by Crippen LogP contribution is 2.36. The van der Waals surface area contributed by atoms with Crippen LogP contribution < -0.4 is 19.6 Å². The first-order valence-electron chi connectivity index (χ1n) is 9.14. The second-order valence-corrected chi connectivity index (χ2v) is 7.07. The van der Waals surface area contributed by atoms with Gasteiger partial charge in [0.15, 0.2) is 11.5 Å². The van der Waals surface area contributed by atoms with Crippen molar-refractivity contribution in [1.29, 1.82) is 0 Å². The van der Waals surface area contributed by atoms with Crippen LogP contribution in [0.2, 0.25) is 0 Å². The van der Waals surface area contributed by atoms with Crippen molar-refractivity contribution in [1.82, 2.24) is 5.43 Å². The zero-order valence-corrected chi connectivity index (χ0v) is 18.4. The van der Waals surface area contributed by atoms with E-state index in [1.807, 2.05) is 6.07 Å². The number of amides is 1. The summed E-state index contributed by atoms with van der Waals surface area (Å²) in [5.41, 5.74) is 3.95. The van der Waals surface area contributed by atoms with Gasteiger partial charge in [-0.3, -0.25) is 4.79 Å². The first-order chi connectivity index (χ1) is 15.0. The number of benzene rings is 3. The van der Waals surface area contributed by atoms with Crippen molar-refractivity contribution in [2.45, 2.75) is 0 Å². The van der Waals surface area contributed by atoms with Gasteiger partial charge < -0.3 is 14.2 Å². The molecule has 0 aromatic heterocycles. The highest BCUT2D eigenvalue weighted by molar-refractivity contribution is 9.10. The van der Waals surface area contributed by atoms with Gasteiger partial charge in [0.25, 0.3) is 5.91 Å². The van der Waals surface area contributed by atoms with E-state index in [0.29, 0.717) is 32.7 Å². The highest BCUT2D eigenvalue weighted by atomic mass is 79.9. The van der Waals surface area contributed by atoms with Crippen molar-refractivity contribution in [2.75, 3.05) is 14.2 Å². The SMILES string of the molecule is COc1ccc(C(=O)N/N=C/c2cc(Br)c(OC(=O)c3ccccc3)c(OC)c2)cc1. The topological polar surface area (TPSA) is 86.2 Å². The molecule has 1 N–H and O–H groups in total. The fourth-order valence-corrected chi connectivity index (χ4v) is 3.15. The van der Waals surface area contributed by atoms with E-state index in [1.165, 1.54) is 13.3 Å². The lowest BCUT2D eigenvalue weighted by Gasteiger charge is -2.12. The molecular formula is C23H19BrN2O5. The summed E-state index contributed by atoms with van der Waals surface area (Å²) >= 11 is 3.39. The van der Waals surface area contributed by atoms with Crippen LogP contribution in [0.3, 0.4) is 0 Å². The van der Waals surface area contributed by atoms with Crippen molar-refractivity contribution in [3.63, 3.8) is 0 Å². The number of rotatable bonds is 7. The van der Waals surface area contributed by atoms with Gasteiger partial charge in [0.1, 0.15) is 5.75 Å². The van der Waals surface area contributed by atoms with Crippen LogP contribution in [-0.4, -0.2) is 32.3 Å². The number of nitrogens with zero attached hydrogens (tertiary/aromatic N) is 1. The minimum atomic E-state index is -0.507. The lowest BCUT2D eigenvalue weighted by Crippen LogP contribution is -2.17. The smallest absolute Gasteiger partial charge is 0.343 e. The molecule has 8 heteroatoms. The van der Waals surface area contributed by atoms with Crippen LogP contribution in [0.1, 0.15) is 26.3 Å². The van der Waals surface area contributed by atoms with E-state index in [4.69, 9.17) is 14.2 Å². The summed E-state index contributed by atoms with van der Waals surface area (Å²) < 4.78 is 16.4. The van der Waals surface area contributed by atoms with E-state index >= 15 is 0 Å². The summed E-state index contributed by atoms with van der Waals surface area (Å²) in [6.07, 6.45) is 1.46. The number of carbonyl (C=O) groups excluding carboxylic acids is 2. The molecule has 3 aromatic carbocycles. The van der Waals surface area contributed by atoms with Crippen LogP contribution >= 0.6 is 15.9 Å². The van der Waals surface area contributed by atoms with Gasteiger partial charge in [0.2, 0.25) is 0 Å². The monoisotopic (exact) mass is 482 g/mol. The molecule has 3 aromatic rings. The van der Waals surface area contributed by atoms with Gasteiger partial charge in [-0.05, 0) is 70.0 Å². The Labute approximate surface area is 187 Å². The molecule has 0 heterocycles. The molecule has 31 heavy (non-hydrogen) atoms. The number of carbonyl (C=O) groups is 2. The largest absolute Gasteiger partial charge is 0.497 e. The summed E-state index contributed by atoms with van der Waals surface area (Å²) in [4.78, 5) is 24.5. The Morgan fingerprint density at radius 2 is 1.65 bits per heavy atom. The molecule has 0 radical (unpaired) electrons. The normalized spacial score (nSPS) is 10.5. The molecule has 0 atom stereocenters. The molecule has 1 amide bonds. The number of methoxy groups -OCH3 is 2. The van der Waals surface area contributed by atoms with Crippen LogP contribution in [0.15, 0.2) is 76.3 Å². The molecule has 0 fully saturated rings. The average molecular weight is 483 g/mol. The van der Waals surface area contributed by atoms with Crippen LogP contribution in [-0.2, 0) is 0 Å². The lowest BCUT2D eigenvalue weighted by molar-refractivity contribution is 0.0728. The van der Waals surface area contributed by atoms with Gasteiger partial charge >= 0.3 is 5.97 Å². The van der Waals surface area contributed by atoms with Crippen molar-refractivity contribution < 1.29 is 23.8 Å². The Hall–Kier alpha value is -3.65. The van der Waals surface area contributed by atoms with Crippen LogP contribution in [0, 0.1) is 0 Å². The van der Waals surface area contributed by atoms with E-state index in [2.05, 4.69) is 26.5 Å². The third kappa shape index (κ3) is 5.70. The number of hydrazone groups is 1. The van der Waals surface area contributed by atoms with E-state index in [9.17, 15) is 9.59 Å². The van der Waals surface area contributed by atoms with Crippen molar-refractivity contribution in [2.24, 2.45) is 5.10 Å². The van der Waals surface area contributed by atoms with Gasteiger partial charge in [0, 0.05) is 5.56 Å². The summed E-state index contributed by atoms with van der Waals surface area (Å²) in [6, 6.07) is 18.6.